The lowest BCUT2D eigenvalue weighted by Gasteiger charge is -2.12. The minimum atomic E-state index is 0.0851. The quantitative estimate of drug-likeness (QED) is 0.780. The molecule has 1 heterocycles. The molecule has 0 aliphatic rings. The summed E-state index contributed by atoms with van der Waals surface area (Å²) in [6.07, 6.45) is 3.80. The maximum absolute atomic E-state index is 11.8. The number of nitrogens with one attached hydrogen (secondary N) is 2. The van der Waals surface area contributed by atoms with Crippen LogP contribution in [0.25, 0.3) is 0 Å². The van der Waals surface area contributed by atoms with Gasteiger partial charge in [0.1, 0.15) is 0 Å². The monoisotopic (exact) mass is 272 g/mol. The van der Waals surface area contributed by atoms with Crippen molar-refractivity contribution in [2.24, 2.45) is 0 Å². The SMILES string of the molecule is CCCCC(C)NC(=O)Cc1sc(=S)[nH]c1C. The van der Waals surface area contributed by atoms with Gasteiger partial charge in [-0.25, -0.2) is 0 Å². The van der Waals surface area contributed by atoms with Gasteiger partial charge in [-0.2, -0.15) is 0 Å². The molecule has 0 bridgehead atoms. The highest BCUT2D eigenvalue weighted by Gasteiger charge is 2.10. The third kappa shape index (κ3) is 5.00. The number of aryl methyl sites for hydroxylation is 1. The van der Waals surface area contributed by atoms with E-state index in [1.54, 1.807) is 0 Å². The lowest BCUT2D eigenvalue weighted by Crippen LogP contribution is -2.33. The Morgan fingerprint density at radius 3 is 2.82 bits per heavy atom. The number of carbonyl (C=O) groups excluding carboxylic acids is 1. The molecule has 17 heavy (non-hydrogen) atoms. The molecule has 0 saturated heterocycles. The van der Waals surface area contributed by atoms with Crippen LogP contribution < -0.4 is 5.32 Å². The number of H-pyrrole nitrogens is 1. The number of hydrogen-bond acceptors (Lipinski definition) is 3. The Kier molecular flexibility index (Phi) is 5.85. The van der Waals surface area contributed by atoms with Crippen molar-refractivity contribution in [3.05, 3.63) is 14.5 Å². The van der Waals surface area contributed by atoms with Crippen LogP contribution in [0.15, 0.2) is 0 Å². The average molecular weight is 272 g/mol. The molecule has 0 fully saturated rings. The second kappa shape index (κ2) is 6.91. The van der Waals surface area contributed by atoms with E-state index in [1.807, 2.05) is 6.92 Å². The molecule has 96 valence electrons. The summed E-state index contributed by atoms with van der Waals surface area (Å²) in [5.41, 5.74) is 1.01. The zero-order valence-corrected chi connectivity index (χ0v) is 12.3. The van der Waals surface area contributed by atoms with Gasteiger partial charge < -0.3 is 10.3 Å². The molecule has 5 heteroatoms. The van der Waals surface area contributed by atoms with Gasteiger partial charge in [0.05, 0.1) is 6.42 Å². The van der Waals surface area contributed by atoms with Crippen LogP contribution >= 0.6 is 23.6 Å². The van der Waals surface area contributed by atoms with Gasteiger partial charge in [-0.1, -0.05) is 19.8 Å². The Morgan fingerprint density at radius 1 is 1.59 bits per heavy atom. The highest BCUT2D eigenvalue weighted by molar-refractivity contribution is 7.73. The van der Waals surface area contributed by atoms with Gasteiger partial charge in [0.15, 0.2) is 3.95 Å². The van der Waals surface area contributed by atoms with E-state index >= 15 is 0 Å². The number of unbranched alkanes of at least 4 members (excludes halogenated alkanes) is 1. The molecule has 1 rings (SSSR count). The molecular weight excluding hydrogens is 252 g/mol. The van der Waals surface area contributed by atoms with Crippen LogP contribution in [0.1, 0.15) is 43.7 Å². The standard InChI is InChI=1S/C12H20N2OS2/c1-4-5-6-8(2)13-11(15)7-10-9(3)14-12(16)17-10/h8H,4-7H2,1-3H3,(H,13,15)(H,14,16). The first-order chi connectivity index (χ1) is 8.02. The number of thiazole rings is 1. The van der Waals surface area contributed by atoms with E-state index in [2.05, 4.69) is 24.1 Å². The van der Waals surface area contributed by atoms with Crippen molar-refractivity contribution in [3.8, 4) is 0 Å². The number of carbonyl (C=O) groups is 1. The summed E-state index contributed by atoms with van der Waals surface area (Å²) in [5, 5.41) is 3.02. The van der Waals surface area contributed by atoms with Gasteiger partial charge in [0.25, 0.3) is 0 Å². The van der Waals surface area contributed by atoms with Gasteiger partial charge in [-0.05, 0) is 32.5 Å². The first kappa shape index (κ1) is 14.4. The maximum Gasteiger partial charge on any atom is 0.225 e. The van der Waals surface area contributed by atoms with Crippen molar-refractivity contribution in [1.82, 2.24) is 10.3 Å². The lowest BCUT2D eigenvalue weighted by molar-refractivity contribution is -0.121. The topological polar surface area (TPSA) is 44.9 Å². The maximum atomic E-state index is 11.8. The van der Waals surface area contributed by atoms with E-state index in [0.29, 0.717) is 6.42 Å². The highest BCUT2D eigenvalue weighted by atomic mass is 32.1. The van der Waals surface area contributed by atoms with E-state index in [4.69, 9.17) is 12.2 Å². The van der Waals surface area contributed by atoms with Crippen LogP contribution in [0.2, 0.25) is 0 Å². The number of aromatic amines is 1. The lowest BCUT2D eigenvalue weighted by atomic mass is 10.1. The van der Waals surface area contributed by atoms with Crippen LogP contribution in [0.4, 0.5) is 0 Å². The van der Waals surface area contributed by atoms with Crippen molar-refractivity contribution in [3.63, 3.8) is 0 Å². The van der Waals surface area contributed by atoms with E-state index in [9.17, 15) is 4.79 Å². The second-order valence-electron chi connectivity index (χ2n) is 4.35. The largest absolute Gasteiger partial charge is 0.353 e. The molecule has 0 radical (unpaired) electrons. The first-order valence-corrected chi connectivity index (χ1v) is 7.23. The molecule has 0 aromatic carbocycles. The van der Waals surface area contributed by atoms with E-state index in [-0.39, 0.29) is 11.9 Å². The Hall–Kier alpha value is -0.680. The second-order valence-corrected chi connectivity index (χ2v) is 6.12. The Morgan fingerprint density at radius 2 is 2.29 bits per heavy atom. The Bertz CT molecular complexity index is 422. The summed E-state index contributed by atoms with van der Waals surface area (Å²) in [5.74, 6) is 0.0851. The normalized spacial score (nSPS) is 12.4. The van der Waals surface area contributed by atoms with Crippen LogP contribution in [0, 0.1) is 10.9 Å². The smallest absolute Gasteiger partial charge is 0.225 e. The first-order valence-electron chi connectivity index (χ1n) is 6.00. The average Bonchev–Trinajstić information content (AvgIpc) is 2.54. The van der Waals surface area contributed by atoms with Gasteiger partial charge in [0.2, 0.25) is 5.91 Å². The van der Waals surface area contributed by atoms with E-state index in [1.165, 1.54) is 17.8 Å². The molecule has 2 N–H and O–H groups in total. The molecule has 0 spiro atoms. The van der Waals surface area contributed by atoms with Crippen molar-refractivity contribution >= 4 is 29.5 Å². The summed E-state index contributed by atoms with van der Waals surface area (Å²) in [4.78, 5) is 15.9. The molecule has 1 unspecified atom stereocenters. The van der Waals surface area contributed by atoms with Crippen molar-refractivity contribution in [2.45, 2.75) is 52.5 Å². The molecule has 0 aliphatic heterocycles. The summed E-state index contributed by atoms with van der Waals surface area (Å²) in [6.45, 7) is 6.17. The van der Waals surface area contributed by atoms with Crippen molar-refractivity contribution < 1.29 is 4.79 Å². The van der Waals surface area contributed by atoms with Crippen LogP contribution in [-0.2, 0) is 11.2 Å². The number of hydrogen-bond donors (Lipinski definition) is 2. The molecule has 0 aliphatic carbocycles. The third-order valence-corrected chi connectivity index (χ3v) is 3.98. The molecule has 1 aromatic heterocycles. The molecule has 1 amide bonds. The number of rotatable bonds is 6. The van der Waals surface area contributed by atoms with Crippen LogP contribution in [-0.4, -0.2) is 16.9 Å². The summed E-state index contributed by atoms with van der Waals surface area (Å²) >= 11 is 6.54. The zero-order valence-electron chi connectivity index (χ0n) is 10.6. The van der Waals surface area contributed by atoms with E-state index in [0.717, 1.165) is 27.4 Å². The molecular formula is C12H20N2OS2. The zero-order chi connectivity index (χ0) is 12.8. The fourth-order valence-electron chi connectivity index (χ4n) is 1.66. The van der Waals surface area contributed by atoms with Crippen LogP contribution in [0.5, 0.6) is 0 Å². The van der Waals surface area contributed by atoms with E-state index < -0.39 is 0 Å². The molecule has 0 saturated carbocycles. The fraction of sp³-hybridized carbons (Fsp3) is 0.667. The predicted octanol–water partition coefficient (Wildman–Crippen LogP) is 3.35. The van der Waals surface area contributed by atoms with Gasteiger partial charge in [-0.3, -0.25) is 4.79 Å². The van der Waals surface area contributed by atoms with Gasteiger partial charge in [0, 0.05) is 16.6 Å². The summed E-state index contributed by atoms with van der Waals surface area (Å²) in [6, 6.07) is 0.259. The highest BCUT2D eigenvalue weighted by Crippen LogP contribution is 2.15. The predicted molar refractivity (Wildman–Crippen MR) is 75.1 cm³/mol. The van der Waals surface area contributed by atoms with Gasteiger partial charge >= 0.3 is 0 Å². The summed E-state index contributed by atoms with van der Waals surface area (Å²) < 4.78 is 0.740. The van der Waals surface area contributed by atoms with Crippen molar-refractivity contribution in [2.75, 3.05) is 0 Å². The minimum Gasteiger partial charge on any atom is -0.353 e. The van der Waals surface area contributed by atoms with Gasteiger partial charge in [-0.15, -0.1) is 11.3 Å². The van der Waals surface area contributed by atoms with Crippen LogP contribution in [0.3, 0.4) is 0 Å². The number of amides is 1. The third-order valence-electron chi connectivity index (χ3n) is 2.64. The molecule has 3 nitrogen and oxygen atoms in total. The number of aromatic nitrogens is 1. The Labute approximate surface area is 112 Å². The Balaban J connectivity index is 2.44. The molecule has 1 atom stereocenters. The fourth-order valence-corrected chi connectivity index (χ4v) is 2.95. The summed E-state index contributed by atoms with van der Waals surface area (Å²) in [7, 11) is 0. The minimum absolute atomic E-state index is 0.0851. The van der Waals surface area contributed by atoms with Crippen molar-refractivity contribution in [1.29, 1.82) is 0 Å². The molecule has 1 aromatic rings.